The third-order valence-electron chi connectivity index (χ3n) is 1.83. The highest BCUT2D eigenvalue weighted by Gasteiger charge is 2.26. The van der Waals surface area contributed by atoms with E-state index < -0.39 is 0 Å². The first-order valence-corrected chi connectivity index (χ1v) is 3.94. The van der Waals surface area contributed by atoms with Gasteiger partial charge >= 0.3 is 0 Å². The molecule has 1 aliphatic rings. The average molecular weight is 143 g/mol. The number of rotatable bonds is 3. The van der Waals surface area contributed by atoms with Crippen molar-refractivity contribution < 1.29 is 0 Å². The summed E-state index contributed by atoms with van der Waals surface area (Å²) in [5, 5.41) is 5.65. The van der Waals surface area contributed by atoms with Crippen LogP contribution in [-0.2, 0) is 0 Å². The molecule has 1 unspecified atom stereocenters. The fourth-order valence-corrected chi connectivity index (χ4v) is 1.21. The van der Waals surface area contributed by atoms with Crippen LogP contribution < -0.4 is 10.7 Å². The molecule has 3 nitrogen and oxygen atoms in total. The molecule has 0 spiro atoms. The molecule has 0 saturated carbocycles. The summed E-state index contributed by atoms with van der Waals surface area (Å²) in [5.41, 5.74) is 3.13. The number of nitrogens with one attached hydrogen (secondary N) is 2. The Morgan fingerprint density at radius 3 is 2.50 bits per heavy atom. The lowest BCUT2D eigenvalue weighted by Crippen LogP contribution is -2.61. The molecule has 3 heteroatoms. The summed E-state index contributed by atoms with van der Waals surface area (Å²) in [7, 11) is 1.97. The smallest absolute Gasteiger partial charge is 0.0747 e. The summed E-state index contributed by atoms with van der Waals surface area (Å²) in [4.78, 5) is 0. The topological polar surface area (TPSA) is 27.3 Å². The molecule has 1 saturated heterocycles. The van der Waals surface area contributed by atoms with Gasteiger partial charge in [-0.1, -0.05) is 0 Å². The highest BCUT2D eigenvalue weighted by Crippen LogP contribution is 2.10. The lowest BCUT2D eigenvalue weighted by Gasteiger charge is -2.41. The second-order valence-electron chi connectivity index (χ2n) is 3.04. The maximum absolute atomic E-state index is 3.44. The van der Waals surface area contributed by atoms with Crippen LogP contribution in [0.2, 0.25) is 0 Å². The quantitative estimate of drug-likeness (QED) is 0.589. The van der Waals surface area contributed by atoms with E-state index in [9.17, 15) is 0 Å². The van der Waals surface area contributed by atoms with Gasteiger partial charge in [0.2, 0.25) is 0 Å². The Morgan fingerprint density at radius 2 is 2.20 bits per heavy atom. The van der Waals surface area contributed by atoms with Crippen molar-refractivity contribution in [3.05, 3.63) is 0 Å². The molecule has 0 aromatic rings. The van der Waals surface area contributed by atoms with Crippen LogP contribution in [0.4, 0.5) is 0 Å². The molecule has 1 rings (SSSR count). The van der Waals surface area contributed by atoms with E-state index in [1.54, 1.807) is 0 Å². The lowest BCUT2D eigenvalue weighted by molar-refractivity contribution is 0.0152. The van der Waals surface area contributed by atoms with Gasteiger partial charge in [0.05, 0.1) is 6.17 Å². The van der Waals surface area contributed by atoms with Gasteiger partial charge in [0.25, 0.3) is 0 Å². The average Bonchev–Trinajstić information content (AvgIpc) is 1.82. The summed E-state index contributed by atoms with van der Waals surface area (Å²) in [6, 6.07) is 0.584. The van der Waals surface area contributed by atoms with Crippen molar-refractivity contribution >= 4 is 0 Å². The van der Waals surface area contributed by atoms with Crippen LogP contribution in [0.25, 0.3) is 0 Å². The van der Waals surface area contributed by atoms with Crippen LogP contribution in [0.1, 0.15) is 20.3 Å². The molecule has 1 fully saturated rings. The van der Waals surface area contributed by atoms with Gasteiger partial charge in [-0.25, -0.2) is 5.01 Å². The predicted molar refractivity (Wildman–Crippen MR) is 42.4 cm³/mol. The van der Waals surface area contributed by atoms with Crippen LogP contribution in [0.3, 0.4) is 0 Å². The van der Waals surface area contributed by atoms with Gasteiger partial charge in [0.1, 0.15) is 0 Å². The van der Waals surface area contributed by atoms with Crippen molar-refractivity contribution in [1.29, 1.82) is 0 Å². The van der Waals surface area contributed by atoms with Crippen LogP contribution in [-0.4, -0.2) is 30.8 Å². The van der Waals surface area contributed by atoms with Crippen molar-refractivity contribution in [3.8, 4) is 0 Å². The van der Waals surface area contributed by atoms with Gasteiger partial charge < -0.3 is 0 Å². The van der Waals surface area contributed by atoms with Crippen LogP contribution in [0.5, 0.6) is 0 Å². The number of nitrogens with zero attached hydrogens (tertiary/aromatic N) is 1. The normalized spacial score (nSPS) is 27.0. The molecule has 60 valence electrons. The monoisotopic (exact) mass is 143 g/mol. The standard InChI is InChI=1S/C7H17N3/c1-6(2)9-7-4-5-10(7)8-3/h6-9H,4-5H2,1-3H3. The van der Waals surface area contributed by atoms with Crippen molar-refractivity contribution in [2.45, 2.75) is 32.5 Å². The summed E-state index contributed by atoms with van der Waals surface area (Å²) >= 11 is 0. The second kappa shape index (κ2) is 3.32. The molecule has 0 aromatic carbocycles. The molecule has 2 N–H and O–H groups in total. The van der Waals surface area contributed by atoms with Gasteiger partial charge in [-0.2, -0.15) is 0 Å². The zero-order chi connectivity index (χ0) is 7.56. The Kier molecular flexibility index (Phi) is 2.65. The van der Waals surface area contributed by atoms with E-state index in [0.717, 1.165) is 0 Å². The van der Waals surface area contributed by atoms with Crippen LogP contribution in [0.15, 0.2) is 0 Å². The Balaban J connectivity index is 2.16. The van der Waals surface area contributed by atoms with Gasteiger partial charge in [-0.15, -0.1) is 0 Å². The summed E-state index contributed by atoms with van der Waals surface area (Å²) in [5.74, 6) is 0. The zero-order valence-electron chi connectivity index (χ0n) is 7.02. The van der Waals surface area contributed by atoms with Crippen LogP contribution in [0, 0.1) is 0 Å². The fraction of sp³-hybridized carbons (Fsp3) is 1.00. The highest BCUT2D eigenvalue weighted by atomic mass is 15.6. The van der Waals surface area contributed by atoms with E-state index in [2.05, 4.69) is 29.6 Å². The molecular formula is C7H17N3. The van der Waals surface area contributed by atoms with Crippen LogP contribution >= 0.6 is 0 Å². The first-order chi connectivity index (χ1) is 4.74. The van der Waals surface area contributed by atoms with E-state index in [1.807, 2.05) is 7.05 Å². The summed E-state index contributed by atoms with van der Waals surface area (Å²) in [6.45, 7) is 5.51. The number of hydrogen-bond acceptors (Lipinski definition) is 3. The Hall–Kier alpha value is -0.120. The first-order valence-electron chi connectivity index (χ1n) is 3.94. The molecule has 1 atom stereocenters. The van der Waals surface area contributed by atoms with E-state index in [4.69, 9.17) is 0 Å². The Morgan fingerprint density at radius 1 is 1.50 bits per heavy atom. The SMILES string of the molecule is CNN1CCC1NC(C)C. The predicted octanol–water partition coefficient (Wildman–Crippen LogP) is 0.151. The van der Waals surface area contributed by atoms with E-state index in [0.29, 0.717) is 12.2 Å². The molecule has 0 bridgehead atoms. The molecule has 0 radical (unpaired) electrons. The molecule has 0 amide bonds. The number of hydrazine groups is 1. The minimum Gasteiger partial charge on any atom is -0.298 e. The van der Waals surface area contributed by atoms with Gasteiger partial charge in [-0.05, 0) is 27.3 Å². The zero-order valence-corrected chi connectivity index (χ0v) is 7.02. The molecule has 0 aliphatic carbocycles. The van der Waals surface area contributed by atoms with Crippen molar-refractivity contribution in [1.82, 2.24) is 15.8 Å². The van der Waals surface area contributed by atoms with Crippen molar-refractivity contribution in [2.24, 2.45) is 0 Å². The number of hydrogen-bond donors (Lipinski definition) is 2. The van der Waals surface area contributed by atoms with E-state index in [-0.39, 0.29) is 0 Å². The molecule has 1 heterocycles. The Bertz CT molecular complexity index is 101. The minimum atomic E-state index is 0.560. The lowest BCUT2D eigenvalue weighted by atomic mass is 10.2. The first kappa shape index (κ1) is 7.98. The highest BCUT2D eigenvalue weighted by molar-refractivity contribution is 4.78. The second-order valence-corrected chi connectivity index (χ2v) is 3.04. The van der Waals surface area contributed by atoms with Gasteiger partial charge in [-0.3, -0.25) is 10.7 Å². The van der Waals surface area contributed by atoms with Crippen molar-refractivity contribution in [3.63, 3.8) is 0 Å². The fourth-order valence-electron chi connectivity index (χ4n) is 1.21. The molecule has 0 aromatic heterocycles. The third kappa shape index (κ3) is 1.68. The Labute approximate surface area is 62.8 Å². The van der Waals surface area contributed by atoms with Crippen molar-refractivity contribution in [2.75, 3.05) is 13.6 Å². The maximum Gasteiger partial charge on any atom is 0.0747 e. The van der Waals surface area contributed by atoms with E-state index >= 15 is 0 Å². The summed E-state index contributed by atoms with van der Waals surface area (Å²) < 4.78 is 0. The van der Waals surface area contributed by atoms with E-state index in [1.165, 1.54) is 13.0 Å². The third-order valence-corrected chi connectivity index (χ3v) is 1.83. The minimum absolute atomic E-state index is 0.560. The molecule has 1 aliphatic heterocycles. The molecular weight excluding hydrogens is 126 g/mol. The van der Waals surface area contributed by atoms with Gasteiger partial charge in [0.15, 0.2) is 0 Å². The molecule has 10 heavy (non-hydrogen) atoms. The largest absolute Gasteiger partial charge is 0.298 e. The summed E-state index contributed by atoms with van der Waals surface area (Å²) in [6.07, 6.45) is 1.82. The van der Waals surface area contributed by atoms with Gasteiger partial charge in [0, 0.05) is 12.6 Å². The maximum atomic E-state index is 3.44.